The Morgan fingerprint density at radius 3 is 3.00 bits per heavy atom. The fraction of sp³-hybridized carbons (Fsp3) is 0.429. The van der Waals surface area contributed by atoms with E-state index in [1.807, 2.05) is 11.3 Å². The second kappa shape index (κ2) is 3.96. The van der Waals surface area contributed by atoms with Crippen molar-refractivity contribution in [2.45, 2.75) is 12.8 Å². The van der Waals surface area contributed by atoms with Gasteiger partial charge in [0.15, 0.2) is 0 Å². The van der Waals surface area contributed by atoms with E-state index in [0.717, 1.165) is 5.75 Å². The molecule has 0 fully saturated rings. The number of thiol groups is 1. The monoisotopic (exact) mass is 158 g/mol. The lowest BCUT2D eigenvalue weighted by molar-refractivity contribution is 0.955. The van der Waals surface area contributed by atoms with Crippen LogP contribution in [0.3, 0.4) is 0 Å². The minimum absolute atomic E-state index is 0.998. The quantitative estimate of drug-likeness (QED) is 0.642. The lowest BCUT2D eigenvalue weighted by Gasteiger charge is -1.90. The molecule has 0 saturated heterocycles. The van der Waals surface area contributed by atoms with Gasteiger partial charge in [-0.3, -0.25) is 0 Å². The summed E-state index contributed by atoms with van der Waals surface area (Å²) >= 11 is 5.97. The Labute approximate surface area is 65.3 Å². The van der Waals surface area contributed by atoms with E-state index < -0.39 is 0 Å². The number of hydrogen-bond acceptors (Lipinski definition) is 2. The van der Waals surface area contributed by atoms with Crippen molar-refractivity contribution in [1.82, 2.24) is 0 Å². The van der Waals surface area contributed by atoms with E-state index in [1.54, 1.807) is 0 Å². The Morgan fingerprint density at radius 2 is 2.44 bits per heavy atom. The Balaban J connectivity index is 2.30. The fourth-order valence-electron chi connectivity index (χ4n) is 0.708. The van der Waals surface area contributed by atoms with E-state index in [1.165, 1.54) is 17.7 Å². The lowest BCUT2D eigenvalue weighted by atomic mass is 10.3. The molecule has 0 aromatic carbocycles. The number of aryl methyl sites for hydroxylation is 1. The fourth-order valence-corrected chi connectivity index (χ4v) is 1.62. The van der Waals surface area contributed by atoms with Crippen LogP contribution in [0.4, 0.5) is 0 Å². The highest BCUT2D eigenvalue weighted by Crippen LogP contribution is 2.10. The van der Waals surface area contributed by atoms with Crippen molar-refractivity contribution in [3.63, 3.8) is 0 Å². The van der Waals surface area contributed by atoms with E-state index in [4.69, 9.17) is 0 Å². The van der Waals surface area contributed by atoms with E-state index in [9.17, 15) is 0 Å². The zero-order valence-electron chi connectivity index (χ0n) is 5.21. The first kappa shape index (κ1) is 7.16. The van der Waals surface area contributed by atoms with Crippen LogP contribution in [0.15, 0.2) is 17.5 Å². The van der Waals surface area contributed by atoms with Crippen molar-refractivity contribution in [3.05, 3.63) is 22.4 Å². The number of thiophene rings is 1. The van der Waals surface area contributed by atoms with Crippen LogP contribution in [0, 0.1) is 0 Å². The van der Waals surface area contributed by atoms with Crippen LogP contribution in [0.5, 0.6) is 0 Å². The smallest absolute Gasteiger partial charge is 0.00455 e. The van der Waals surface area contributed by atoms with Crippen LogP contribution in [-0.2, 0) is 6.42 Å². The summed E-state index contributed by atoms with van der Waals surface area (Å²) in [5, 5.41) is 2.12. The first-order valence-electron chi connectivity index (χ1n) is 3.06. The minimum Gasteiger partial charge on any atom is -0.179 e. The van der Waals surface area contributed by atoms with Gasteiger partial charge in [0.2, 0.25) is 0 Å². The second-order valence-electron chi connectivity index (χ2n) is 1.91. The molecule has 9 heavy (non-hydrogen) atoms. The molecule has 0 aliphatic rings. The molecule has 0 spiro atoms. The molecule has 0 atom stereocenters. The average Bonchev–Trinajstić information content (AvgIpc) is 2.34. The van der Waals surface area contributed by atoms with E-state index >= 15 is 0 Å². The van der Waals surface area contributed by atoms with Gasteiger partial charge < -0.3 is 0 Å². The van der Waals surface area contributed by atoms with Crippen LogP contribution in [0.2, 0.25) is 0 Å². The summed E-state index contributed by atoms with van der Waals surface area (Å²) < 4.78 is 0. The molecular weight excluding hydrogens is 148 g/mol. The maximum Gasteiger partial charge on any atom is 0.00455 e. The van der Waals surface area contributed by atoms with Crippen molar-refractivity contribution in [1.29, 1.82) is 0 Å². The van der Waals surface area contributed by atoms with Crippen molar-refractivity contribution in [3.8, 4) is 0 Å². The Kier molecular flexibility index (Phi) is 3.15. The largest absolute Gasteiger partial charge is 0.179 e. The Bertz CT molecular complexity index is 144. The highest BCUT2D eigenvalue weighted by atomic mass is 32.1. The summed E-state index contributed by atoms with van der Waals surface area (Å²) in [6.45, 7) is 0. The van der Waals surface area contributed by atoms with Crippen LogP contribution < -0.4 is 0 Å². The molecule has 0 bridgehead atoms. The van der Waals surface area contributed by atoms with Crippen molar-refractivity contribution >= 4 is 24.0 Å². The number of rotatable bonds is 3. The normalized spacial score (nSPS) is 9.89. The topological polar surface area (TPSA) is 0 Å². The lowest BCUT2D eigenvalue weighted by Crippen LogP contribution is -1.79. The predicted octanol–water partition coefficient (Wildman–Crippen LogP) is 2.61. The summed E-state index contributed by atoms with van der Waals surface area (Å²) in [4.78, 5) is 1.48. The molecule has 0 aliphatic heterocycles. The zero-order chi connectivity index (χ0) is 6.53. The van der Waals surface area contributed by atoms with Gasteiger partial charge in [0.1, 0.15) is 0 Å². The standard InChI is InChI=1S/C7H10S2/c8-5-1-3-7-4-2-6-9-7/h2,4,6,8H,1,3,5H2. The molecule has 0 unspecified atom stereocenters. The first-order chi connectivity index (χ1) is 4.43. The third-order valence-electron chi connectivity index (χ3n) is 1.16. The van der Waals surface area contributed by atoms with Crippen molar-refractivity contribution < 1.29 is 0 Å². The van der Waals surface area contributed by atoms with Gasteiger partial charge in [0.05, 0.1) is 0 Å². The van der Waals surface area contributed by atoms with Gasteiger partial charge >= 0.3 is 0 Å². The molecule has 0 amide bonds. The van der Waals surface area contributed by atoms with Crippen LogP contribution in [0.1, 0.15) is 11.3 Å². The van der Waals surface area contributed by atoms with Crippen LogP contribution in [0.25, 0.3) is 0 Å². The zero-order valence-corrected chi connectivity index (χ0v) is 6.92. The molecule has 1 heterocycles. The molecule has 0 radical (unpaired) electrons. The van der Waals surface area contributed by atoms with Gasteiger partial charge in [0.25, 0.3) is 0 Å². The van der Waals surface area contributed by atoms with Gasteiger partial charge in [-0.1, -0.05) is 6.07 Å². The van der Waals surface area contributed by atoms with E-state index in [-0.39, 0.29) is 0 Å². The van der Waals surface area contributed by atoms with Crippen molar-refractivity contribution in [2.24, 2.45) is 0 Å². The molecule has 2 heteroatoms. The SMILES string of the molecule is SCCCc1cccs1. The second-order valence-corrected chi connectivity index (χ2v) is 3.39. The summed E-state index contributed by atoms with van der Waals surface area (Å²) in [6.07, 6.45) is 2.39. The highest BCUT2D eigenvalue weighted by molar-refractivity contribution is 7.80. The molecule has 1 aromatic heterocycles. The molecule has 0 N–H and O–H groups in total. The average molecular weight is 158 g/mol. The number of hydrogen-bond donors (Lipinski definition) is 1. The summed E-state index contributed by atoms with van der Waals surface area (Å²) in [6, 6.07) is 4.27. The van der Waals surface area contributed by atoms with Gasteiger partial charge in [-0.15, -0.1) is 11.3 Å². The van der Waals surface area contributed by atoms with Gasteiger partial charge in [0, 0.05) is 4.88 Å². The summed E-state index contributed by atoms with van der Waals surface area (Å²) in [5.74, 6) is 0.998. The minimum atomic E-state index is 0.998. The molecule has 0 saturated carbocycles. The van der Waals surface area contributed by atoms with Crippen LogP contribution in [-0.4, -0.2) is 5.75 Å². The van der Waals surface area contributed by atoms with E-state index in [0.29, 0.717) is 0 Å². The molecule has 0 nitrogen and oxygen atoms in total. The Hall–Kier alpha value is 0.0500. The van der Waals surface area contributed by atoms with E-state index in [2.05, 4.69) is 30.1 Å². The van der Waals surface area contributed by atoms with Gasteiger partial charge in [-0.25, -0.2) is 0 Å². The first-order valence-corrected chi connectivity index (χ1v) is 4.58. The molecule has 1 aromatic rings. The Morgan fingerprint density at radius 1 is 1.56 bits per heavy atom. The molecule has 1 rings (SSSR count). The molecular formula is C7H10S2. The maximum atomic E-state index is 4.14. The third kappa shape index (κ3) is 2.41. The summed E-state index contributed by atoms with van der Waals surface area (Å²) in [7, 11) is 0. The molecule has 0 aliphatic carbocycles. The van der Waals surface area contributed by atoms with Crippen molar-refractivity contribution in [2.75, 3.05) is 5.75 Å². The van der Waals surface area contributed by atoms with Crippen LogP contribution >= 0.6 is 24.0 Å². The predicted molar refractivity (Wildman–Crippen MR) is 46.5 cm³/mol. The highest BCUT2D eigenvalue weighted by Gasteiger charge is 1.89. The van der Waals surface area contributed by atoms with Gasteiger partial charge in [-0.05, 0) is 30.0 Å². The maximum absolute atomic E-state index is 4.14. The van der Waals surface area contributed by atoms with Gasteiger partial charge in [-0.2, -0.15) is 12.6 Å². The third-order valence-corrected chi connectivity index (χ3v) is 2.41. The summed E-state index contributed by atoms with van der Waals surface area (Å²) in [5.41, 5.74) is 0. The molecule has 50 valence electrons.